The lowest BCUT2D eigenvalue weighted by Crippen LogP contribution is -2.24. The number of nitrogens with two attached hydrogens (primary N) is 1. The summed E-state index contributed by atoms with van der Waals surface area (Å²) in [5.74, 6) is -0.458. The molecule has 4 aromatic rings. The van der Waals surface area contributed by atoms with Gasteiger partial charge >= 0.3 is 5.97 Å². The Balaban J connectivity index is 1.63. The Labute approximate surface area is 260 Å². The van der Waals surface area contributed by atoms with E-state index in [2.05, 4.69) is 33.6 Å². The van der Waals surface area contributed by atoms with Crippen LogP contribution in [0.3, 0.4) is 0 Å². The van der Waals surface area contributed by atoms with E-state index in [4.69, 9.17) is 10.5 Å². The second-order valence-corrected chi connectivity index (χ2v) is 12.0. The van der Waals surface area contributed by atoms with E-state index in [0.29, 0.717) is 33.8 Å². The topological polar surface area (TPSA) is 129 Å². The van der Waals surface area contributed by atoms with Crippen LogP contribution in [0.2, 0.25) is 0 Å². The molecule has 0 aliphatic heterocycles. The minimum absolute atomic E-state index is 0.0148. The molecular formula is C34H36FN7O3. The fourth-order valence-electron chi connectivity index (χ4n) is 4.82. The first kappa shape index (κ1) is 31.1. The van der Waals surface area contributed by atoms with Gasteiger partial charge in [0.05, 0.1) is 34.1 Å². The Hall–Kier alpha value is -5.32. The number of amidine groups is 1. The Morgan fingerprint density at radius 1 is 1.24 bits per heavy atom. The molecule has 2 aromatic carbocycles. The third-order valence-corrected chi connectivity index (χ3v) is 7.36. The zero-order valence-electron chi connectivity index (χ0n) is 25.8. The number of aliphatic imine (C=N–C) groups is 2. The van der Waals surface area contributed by atoms with Crippen molar-refractivity contribution in [3.63, 3.8) is 0 Å². The highest BCUT2D eigenvalue weighted by Gasteiger charge is 2.27. The Kier molecular flexibility index (Phi) is 8.54. The molecule has 1 aliphatic carbocycles. The van der Waals surface area contributed by atoms with E-state index >= 15 is 4.39 Å². The molecule has 45 heavy (non-hydrogen) atoms. The van der Waals surface area contributed by atoms with Crippen molar-refractivity contribution in [3.8, 4) is 5.69 Å². The lowest BCUT2D eigenvalue weighted by Gasteiger charge is -2.20. The number of benzene rings is 2. The number of nitrogens with zero attached hydrogens (tertiary/aromatic N) is 5. The third-order valence-electron chi connectivity index (χ3n) is 7.36. The predicted octanol–water partition coefficient (Wildman–Crippen LogP) is 5.81. The number of hydrogen-bond donors (Lipinski definition) is 2. The minimum atomic E-state index is -0.774. The Morgan fingerprint density at radius 3 is 2.64 bits per heavy atom. The first-order chi connectivity index (χ1) is 21.3. The fourth-order valence-corrected chi connectivity index (χ4v) is 4.82. The molecule has 11 heteroatoms. The van der Waals surface area contributed by atoms with Gasteiger partial charge in [0.2, 0.25) is 5.96 Å². The van der Waals surface area contributed by atoms with Gasteiger partial charge in [0.1, 0.15) is 18.3 Å². The van der Waals surface area contributed by atoms with Crippen LogP contribution in [-0.2, 0) is 23.2 Å². The number of aryl methyl sites for hydroxylation is 1. The average molecular weight is 610 g/mol. The van der Waals surface area contributed by atoms with Crippen molar-refractivity contribution in [2.45, 2.75) is 46.1 Å². The molecule has 232 valence electrons. The number of rotatable bonds is 8. The number of esters is 1. The molecule has 0 atom stereocenters. The van der Waals surface area contributed by atoms with Crippen LogP contribution in [-0.4, -0.2) is 32.1 Å². The van der Waals surface area contributed by atoms with Gasteiger partial charge in [0, 0.05) is 30.6 Å². The van der Waals surface area contributed by atoms with E-state index in [0.717, 1.165) is 18.4 Å². The van der Waals surface area contributed by atoms with Crippen LogP contribution in [0.5, 0.6) is 0 Å². The lowest BCUT2D eigenvalue weighted by molar-refractivity contribution is -0.154. The maximum absolute atomic E-state index is 15.4. The number of pyridine rings is 1. The van der Waals surface area contributed by atoms with E-state index in [1.165, 1.54) is 16.7 Å². The number of nitrogens with one attached hydrogen (secondary N) is 1. The molecule has 3 N–H and O–H groups in total. The summed E-state index contributed by atoms with van der Waals surface area (Å²) in [6, 6.07) is 10.2. The Bertz CT molecular complexity index is 1940. The highest BCUT2D eigenvalue weighted by Crippen LogP contribution is 2.41. The first-order valence-corrected chi connectivity index (χ1v) is 14.5. The van der Waals surface area contributed by atoms with Crippen molar-refractivity contribution in [1.82, 2.24) is 14.3 Å². The fraction of sp³-hybridized carbons (Fsp3) is 0.265. The summed E-state index contributed by atoms with van der Waals surface area (Å²) >= 11 is 0. The second kappa shape index (κ2) is 12.4. The number of aromatic nitrogens is 3. The molecule has 1 aliphatic rings. The quantitative estimate of drug-likeness (QED) is 0.147. The SMILES string of the molecule is C=C/C(N)=N\C(=NC(=C)c1cccc(-n2ccc3cc(C4CC4)cc(F)c3c2=O)c1COC(=O)C(C)(C)C)Nc1cnn(C)c1. The van der Waals surface area contributed by atoms with Crippen LogP contribution in [0, 0.1) is 11.2 Å². The maximum atomic E-state index is 15.4. The number of hydrogen-bond acceptors (Lipinski definition) is 5. The van der Waals surface area contributed by atoms with Crippen LogP contribution >= 0.6 is 0 Å². The van der Waals surface area contributed by atoms with Crippen LogP contribution in [0.4, 0.5) is 10.1 Å². The van der Waals surface area contributed by atoms with E-state index in [9.17, 15) is 9.59 Å². The van der Waals surface area contributed by atoms with Crippen molar-refractivity contribution >= 4 is 39.9 Å². The number of carbonyl (C=O) groups excluding carboxylic acids is 1. The molecule has 5 rings (SSSR count). The summed E-state index contributed by atoms with van der Waals surface area (Å²) in [7, 11) is 1.77. The summed E-state index contributed by atoms with van der Waals surface area (Å²) < 4.78 is 24.1. The number of halogens is 1. The summed E-state index contributed by atoms with van der Waals surface area (Å²) in [6.07, 6.45) is 8.33. The summed E-state index contributed by atoms with van der Waals surface area (Å²) in [4.78, 5) is 35.6. The number of fused-ring (bicyclic) bond motifs is 1. The van der Waals surface area contributed by atoms with Gasteiger partial charge in [0.15, 0.2) is 0 Å². The van der Waals surface area contributed by atoms with Crippen LogP contribution < -0.4 is 16.6 Å². The smallest absolute Gasteiger partial charge is 0.311 e. The number of carbonyl (C=O) groups is 1. The minimum Gasteiger partial charge on any atom is -0.460 e. The average Bonchev–Trinajstić information content (AvgIpc) is 3.76. The molecule has 0 amide bonds. The van der Waals surface area contributed by atoms with Crippen LogP contribution in [0.1, 0.15) is 56.2 Å². The van der Waals surface area contributed by atoms with Gasteiger partial charge in [-0.2, -0.15) is 10.1 Å². The molecule has 0 bridgehead atoms. The summed E-state index contributed by atoms with van der Waals surface area (Å²) in [5, 5.41) is 7.73. The van der Waals surface area contributed by atoms with Crippen LogP contribution in [0.15, 0.2) is 89.0 Å². The molecule has 0 unspecified atom stereocenters. The van der Waals surface area contributed by atoms with Crippen molar-refractivity contribution in [2.75, 3.05) is 5.32 Å². The van der Waals surface area contributed by atoms with Gasteiger partial charge < -0.3 is 15.8 Å². The van der Waals surface area contributed by atoms with Gasteiger partial charge in [0.25, 0.3) is 5.56 Å². The van der Waals surface area contributed by atoms with Crippen molar-refractivity contribution in [1.29, 1.82) is 0 Å². The number of guanidine groups is 1. The van der Waals surface area contributed by atoms with Gasteiger partial charge in [-0.25, -0.2) is 9.38 Å². The summed E-state index contributed by atoms with van der Waals surface area (Å²) in [5.41, 5.74) is 7.68. The molecule has 2 heterocycles. The lowest BCUT2D eigenvalue weighted by atomic mass is 9.97. The normalized spacial score (nSPS) is 14.0. The number of ether oxygens (including phenoxy) is 1. The second-order valence-electron chi connectivity index (χ2n) is 12.0. The molecule has 0 spiro atoms. The van der Waals surface area contributed by atoms with Gasteiger partial charge in [-0.3, -0.25) is 18.8 Å². The molecule has 0 saturated heterocycles. The van der Waals surface area contributed by atoms with Crippen LogP contribution in [0.25, 0.3) is 22.2 Å². The van der Waals surface area contributed by atoms with Crippen molar-refractivity contribution in [2.24, 2.45) is 28.2 Å². The highest BCUT2D eigenvalue weighted by molar-refractivity contribution is 6.07. The zero-order valence-corrected chi connectivity index (χ0v) is 25.8. The molecule has 10 nitrogen and oxygen atoms in total. The predicted molar refractivity (Wildman–Crippen MR) is 176 cm³/mol. The molecular weight excluding hydrogens is 573 g/mol. The van der Waals surface area contributed by atoms with Gasteiger partial charge in [-0.15, -0.1) is 0 Å². The van der Waals surface area contributed by atoms with E-state index in [1.807, 2.05) is 6.07 Å². The molecule has 2 aromatic heterocycles. The van der Waals surface area contributed by atoms with Crippen molar-refractivity contribution in [3.05, 3.63) is 107 Å². The van der Waals surface area contributed by atoms with Crippen molar-refractivity contribution < 1.29 is 13.9 Å². The summed E-state index contributed by atoms with van der Waals surface area (Å²) in [6.45, 7) is 12.8. The van der Waals surface area contributed by atoms with E-state index in [-0.39, 0.29) is 29.5 Å². The van der Waals surface area contributed by atoms with E-state index in [1.54, 1.807) is 75.4 Å². The highest BCUT2D eigenvalue weighted by atomic mass is 19.1. The maximum Gasteiger partial charge on any atom is 0.311 e. The van der Waals surface area contributed by atoms with Gasteiger partial charge in [-0.05, 0) is 74.8 Å². The first-order valence-electron chi connectivity index (χ1n) is 14.5. The third kappa shape index (κ3) is 6.93. The standard InChI is InChI=1S/C34H36FN7O3/c1-7-29(36)40-33(39-24-17-37-41(6)18-24)38-20(2)25-9-8-10-28(26(25)19-45-32(44)34(3,4)5)42-14-13-22-15-23(21-11-12-21)16-27(35)30(22)31(42)43/h7-10,13-18,21H,1-2,11-12,19H2,3-6H3,(H3,36,38,39,40). The van der Waals surface area contributed by atoms with E-state index < -0.39 is 22.8 Å². The zero-order chi connectivity index (χ0) is 32.5. The monoisotopic (exact) mass is 609 g/mol. The molecule has 0 radical (unpaired) electrons. The molecule has 1 saturated carbocycles. The molecule has 1 fully saturated rings. The Morgan fingerprint density at radius 2 is 2.00 bits per heavy atom. The largest absolute Gasteiger partial charge is 0.460 e. The number of anilines is 1. The van der Waals surface area contributed by atoms with Gasteiger partial charge in [-0.1, -0.05) is 31.4 Å².